The van der Waals surface area contributed by atoms with Gasteiger partial charge in [-0.25, -0.2) is 0 Å². The Morgan fingerprint density at radius 1 is 1.22 bits per heavy atom. The van der Waals surface area contributed by atoms with Crippen molar-refractivity contribution in [2.75, 3.05) is 16.8 Å². The van der Waals surface area contributed by atoms with Gasteiger partial charge in [-0.15, -0.1) is 0 Å². The van der Waals surface area contributed by atoms with Gasteiger partial charge in [-0.05, 0) is 36.8 Å². The lowest BCUT2D eigenvalue weighted by molar-refractivity contribution is -0.122. The molecule has 3 rings (SSSR count). The Labute approximate surface area is 143 Å². The molecule has 1 atom stereocenters. The van der Waals surface area contributed by atoms with E-state index in [1.165, 1.54) is 0 Å². The summed E-state index contributed by atoms with van der Waals surface area (Å²) in [5.41, 5.74) is 2.65. The Morgan fingerprint density at radius 2 is 2.00 bits per heavy atom. The highest BCUT2D eigenvalue weighted by Gasteiger charge is 2.35. The summed E-state index contributed by atoms with van der Waals surface area (Å²) in [6, 6.07) is 15.2. The molecule has 1 saturated heterocycles. The molecule has 0 bridgehead atoms. The van der Waals surface area contributed by atoms with Gasteiger partial charge in [0, 0.05) is 28.8 Å². The fraction of sp³-hybridized carbons (Fsp3) is 0.222. The Morgan fingerprint density at radius 3 is 2.74 bits per heavy atom. The van der Waals surface area contributed by atoms with E-state index in [1.54, 1.807) is 4.90 Å². The summed E-state index contributed by atoms with van der Waals surface area (Å²) >= 11 is 3.38. The number of para-hydroxylation sites is 1. The second kappa shape index (κ2) is 6.54. The maximum Gasteiger partial charge on any atom is 0.229 e. The van der Waals surface area contributed by atoms with Crippen LogP contribution in [0.4, 0.5) is 11.4 Å². The third-order valence-corrected chi connectivity index (χ3v) is 4.49. The van der Waals surface area contributed by atoms with Gasteiger partial charge in [0.25, 0.3) is 0 Å². The van der Waals surface area contributed by atoms with Crippen molar-refractivity contribution in [1.29, 1.82) is 0 Å². The fourth-order valence-electron chi connectivity index (χ4n) is 2.79. The van der Waals surface area contributed by atoms with E-state index in [-0.39, 0.29) is 24.2 Å². The number of hydrogen-bond acceptors (Lipinski definition) is 2. The van der Waals surface area contributed by atoms with Crippen LogP contribution in [-0.4, -0.2) is 18.4 Å². The summed E-state index contributed by atoms with van der Waals surface area (Å²) in [5, 5.41) is 2.88. The number of rotatable bonds is 3. The van der Waals surface area contributed by atoms with Gasteiger partial charge in [-0.3, -0.25) is 9.59 Å². The fourth-order valence-corrected chi connectivity index (χ4v) is 3.19. The SMILES string of the molecule is Cc1ccccc1N1C[C@H](C(=O)Nc2cccc(Br)c2)CC1=O. The van der Waals surface area contributed by atoms with E-state index in [4.69, 9.17) is 0 Å². The van der Waals surface area contributed by atoms with Crippen molar-refractivity contribution in [2.24, 2.45) is 5.92 Å². The van der Waals surface area contributed by atoms with Crippen molar-refractivity contribution in [3.05, 3.63) is 58.6 Å². The maximum absolute atomic E-state index is 12.4. The molecule has 0 spiro atoms. The average molecular weight is 373 g/mol. The molecule has 118 valence electrons. The number of amides is 2. The number of nitrogens with zero attached hydrogens (tertiary/aromatic N) is 1. The number of carbonyl (C=O) groups is 2. The molecule has 0 aliphatic carbocycles. The number of anilines is 2. The molecule has 1 aliphatic rings. The number of halogens is 1. The molecule has 2 aromatic carbocycles. The quantitative estimate of drug-likeness (QED) is 0.891. The summed E-state index contributed by atoms with van der Waals surface area (Å²) in [6.07, 6.45) is 0.244. The van der Waals surface area contributed by atoms with Crippen LogP contribution in [0.3, 0.4) is 0 Å². The molecular formula is C18H17BrN2O2. The van der Waals surface area contributed by atoms with Crippen LogP contribution in [0.25, 0.3) is 0 Å². The molecule has 4 nitrogen and oxygen atoms in total. The third kappa shape index (κ3) is 3.45. The molecule has 0 aromatic heterocycles. The number of benzene rings is 2. The second-order valence-electron chi connectivity index (χ2n) is 5.69. The van der Waals surface area contributed by atoms with E-state index in [2.05, 4.69) is 21.2 Å². The van der Waals surface area contributed by atoms with Crippen LogP contribution in [0.1, 0.15) is 12.0 Å². The molecule has 1 heterocycles. The minimum Gasteiger partial charge on any atom is -0.326 e. The Balaban J connectivity index is 1.72. The van der Waals surface area contributed by atoms with E-state index in [0.717, 1.165) is 21.4 Å². The predicted molar refractivity (Wildman–Crippen MR) is 94.4 cm³/mol. The largest absolute Gasteiger partial charge is 0.326 e. The highest BCUT2D eigenvalue weighted by atomic mass is 79.9. The topological polar surface area (TPSA) is 49.4 Å². The summed E-state index contributed by atoms with van der Waals surface area (Å²) in [6.45, 7) is 2.39. The summed E-state index contributed by atoms with van der Waals surface area (Å²) < 4.78 is 0.902. The smallest absolute Gasteiger partial charge is 0.229 e. The van der Waals surface area contributed by atoms with Crippen molar-refractivity contribution in [3.63, 3.8) is 0 Å². The van der Waals surface area contributed by atoms with Gasteiger partial charge in [-0.1, -0.05) is 40.2 Å². The van der Waals surface area contributed by atoms with Crippen molar-refractivity contribution in [3.8, 4) is 0 Å². The number of carbonyl (C=O) groups excluding carboxylic acids is 2. The first-order valence-corrected chi connectivity index (χ1v) is 8.26. The lowest BCUT2D eigenvalue weighted by atomic mass is 10.1. The second-order valence-corrected chi connectivity index (χ2v) is 6.61. The van der Waals surface area contributed by atoms with E-state index in [9.17, 15) is 9.59 Å². The first-order valence-electron chi connectivity index (χ1n) is 7.47. The first kappa shape index (κ1) is 15.7. The van der Waals surface area contributed by atoms with Gasteiger partial charge in [0.1, 0.15) is 0 Å². The Hall–Kier alpha value is -2.14. The summed E-state index contributed by atoms with van der Waals surface area (Å²) in [4.78, 5) is 26.4. The standard InChI is InChI=1S/C18H17BrN2O2/c1-12-5-2-3-8-16(12)21-11-13(9-17(21)22)18(23)20-15-7-4-6-14(19)10-15/h2-8,10,13H,9,11H2,1H3,(H,20,23)/t13-/m1/s1. The van der Waals surface area contributed by atoms with E-state index >= 15 is 0 Å². The van der Waals surface area contributed by atoms with Crippen LogP contribution in [0.5, 0.6) is 0 Å². The lowest BCUT2D eigenvalue weighted by Gasteiger charge is -2.19. The van der Waals surface area contributed by atoms with Gasteiger partial charge >= 0.3 is 0 Å². The lowest BCUT2D eigenvalue weighted by Crippen LogP contribution is -2.28. The molecule has 2 amide bonds. The normalized spacial score (nSPS) is 17.4. The predicted octanol–water partition coefficient (Wildman–Crippen LogP) is 3.75. The van der Waals surface area contributed by atoms with E-state index in [1.807, 2.05) is 55.5 Å². The van der Waals surface area contributed by atoms with Crippen LogP contribution >= 0.6 is 15.9 Å². The minimum atomic E-state index is -0.332. The van der Waals surface area contributed by atoms with Gasteiger partial charge in [0.15, 0.2) is 0 Å². The average Bonchev–Trinajstić information content (AvgIpc) is 2.90. The van der Waals surface area contributed by atoms with Gasteiger partial charge in [-0.2, -0.15) is 0 Å². The van der Waals surface area contributed by atoms with Crippen molar-refractivity contribution in [1.82, 2.24) is 0 Å². The minimum absolute atomic E-state index is 0.00584. The highest BCUT2D eigenvalue weighted by molar-refractivity contribution is 9.10. The maximum atomic E-state index is 12.4. The number of nitrogens with one attached hydrogen (secondary N) is 1. The Bertz CT molecular complexity index is 760. The van der Waals surface area contributed by atoms with Crippen LogP contribution in [-0.2, 0) is 9.59 Å². The van der Waals surface area contributed by atoms with Gasteiger partial charge in [0.05, 0.1) is 5.92 Å². The monoisotopic (exact) mass is 372 g/mol. The highest BCUT2D eigenvalue weighted by Crippen LogP contribution is 2.28. The Kier molecular flexibility index (Phi) is 4.48. The van der Waals surface area contributed by atoms with Crippen LogP contribution < -0.4 is 10.2 Å². The van der Waals surface area contributed by atoms with Crippen LogP contribution in [0.2, 0.25) is 0 Å². The van der Waals surface area contributed by atoms with Gasteiger partial charge in [0.2, 0.25) is 11.8 Å². The molecule has 23 heavy (non-hydrogen) atoms. The summed E-state index contributed by atoms with van der Waals surface area (Å²) in [5.74, 6) is -0.456. The first-order chi connectivity index (χ1) is 11.0. The zero-order valence-electron chi connectivity index (χ0n) is 12.8. The molecule has 5 heteroatoms. The molecular weight excluding hydrogens is 356 g/mol. The number of hydrogen-bond donors (Lipinski definition) is 1. The molecule has 1 aliphatic heterocycles. The van der Waals surface area contributed by atoms with Crippen molar-refractivity contribution in [2.45, 2.75) is 13.3 Å². The van der Waals surface area contributed by atoms with E-state index in [0.29, 0.717) is 6.54 Å². The zero-order valence-corrected chi connectivity index (χ0v) is 14.3. The molecule has 1 fully saturated rings. The van der Waals surface area contributed by atoms with Crippen molar-refractivity contribution >= 4 is 39.1 Å². The van der Waals surface area contributed by atoms with Gasteiger partial charge < -0.3 is 10.2 Å². The van der Waals surface area contributed by atoms with Crippen LogP contribution in [0.15, 0.2) is 53.0 Å². The zero-order chi connectivity index (χ0) is 16.4. The van der Waals surface area contributed by atoms with Crippen LogP contribution in [0, 0.1) is 12.8 Å². The molecule has 0 radical (unpaired) electrons. The molecule has 2 aromatic rings. The third-order valence-electron chi connectivity index (χ3n) is 3.99. The summed E-state index contributed by atoms with van der Waals surface area (Å²) in [7, 11) is 0. The molecule has 0 saturated carbocycles. The molecule has 0 unspecified atom stereocenters. The molecule has 1 N–H and O–H groups in total. The number of aryl methyl sites for hydroxylation is 1. The van der Waals surface area contributed by atoms with Crippen molar-refractivity contribution < 1.29 is 9.59 Å². The van der Waals surface area contributed by atoms with E-state index < -0.39 is 0 Å².